The van der Waals surface area contributed by atoms with Crippen molar-refractivity contribution in [2.75, 3.05) is 34.2 Å². The summed E-state index contributed by atoms with van der Waals surface area (Å²) in [6, 6.07) is 10.1. The third-order valence-corrected chi connectivity index (χ3v) is 2.43. The molecule has 3 heteroatoms. The highest BCUT2D eigenvalue weighted by atomic mass is 16.2. The Hall–Kier alpha value is -1.61. The number of carbonyl (C=O) groups excluding carboxylic acids is 1. The van der Waals surface area contributed by atoms with Crippen molar-refractivity contribution in [3.05, 3.63) is 42.0 Å². The van der Waals surface area contributed by atoms with Crippen LogP contribution >= 0.6 is 0 Å². The molecule has 0 saturated heterocycles. The fraction of sp³-hybridized carbons (Fsp3) is 0.357. The summed E-state index contributed by atoms with van der Waals surface area (Å²) in [5, 5.41) is 0. The van der Waals surface area contributed by atoms with Gasteiger partial charge < -0.3 is 4.90 Å². The number of likely N-dealkylation sites (N-methyl/N-ethyl adjacent to an activating group) is 2. The Bertz CT molecular complexity index is 371. The molecule has 1 aromatic rings. The Morgan fingerprint density at radius 3 is 2.41 bits per heavy atom. The van der Waals surface area contributed by atoms with E-state index in [9.17, 15) is 4.79 Å². The number of carbonyl (C=O) groups is 1. The summed E-state index contributed by atoms with van der Waals surface area (Å²) in [6.07, 6.45) is 4.13. The zero-order valence-corrected chi connectivity index (χ0v) is 10.8. The first-order chi connectivity index (χ1) is 8.09. The van der Waals surface area contributed by atoms with Crippen LogP contribution in [0.25, 0.3) is 6.08 Å². The first-order valence-electron chi connectivity index (χ1n) is 5.70. The molecular weight excluding hydrogens is 212 g/mol. The van der Waals surface area contributed by atoms with Gasteiger partial charge in [0, 0.05) is 20.6 Å². The fourth-order valence-corrected chi connectivity index (χ4v) is 1.37. The quantitative estimate of drug-likeness (QED) is 0.771. The summed E-state index contributed by atoms with van der Waals surface area (Å²) >= 11 is 0. The van der Waals surface area contributed by atoms with Gasteiger partial charge in [-0.15, -0.1) is 0 Å². The van der Waals surface area contributed by atoms with Crippen LogP contribution in [0.2, 0.25) is 0 Å². The maximum atomic E-state index is 11.4. The third-order valence-electron chi connectivity index (χ3n) is 2.43. The number of hydrogen-bond acceptors (Lipinski definition) is 2. The van der Waals surface area contributed by atoms with Crippen molar-refractivity contribution in [3.8, 4) is 0 Å². The zero-order chi connectivity index (χ0) is 12.7. The second-order valence-electron chi connectivity index (χ2n) is 4.30. The lowest BCUT2D eigenvalue weighted by Gasteiger charge is -2.17. The van der Waals surface area contributed by atoms with Gasteiger partial charge in [0.1, 0.15) is 0 Å². The number of nitrogens with zero attached hydrogens (tertiary/aromatic N) is 2. The Kier molecular flexibility index (Phi) is 5.43. The lowest BCUT2D eigenvalue weighted by atomic mass is 10.2. The molecule has 0 fully saturated rings. The Labute approximate surface area is 103 Å². The molecule has 0 atom stereocenters. The molecule has 3 nitrogen and oxygen atoms in total. The molecule has 0 unspecified atom stereocenters. The summed E-state index contributed by atoms with van der Waals surface area (Å²) in [6.45, 7) is 1.22. The molecule has 0 heterocycles. The van der Waals surface area contributed by atoms with Crippen molar-refractivity contribution in [2.45, 2.75) is 0 Å². The molecule has 1 aromatic carbocycles. The van der Waals surface area contributed by atoms with Gasteiger partial charge in [0.05, 0.1) is 6.54 Å². The fourth-order valence-electron chi connectivity index (χ4n) is 1.37. The molecule has 0 bridgehead atoms. The number of rotatable bonds is 5. The molecular formula is C14H20N2O. The highest BCUT2D eigenvalue weighted by Gasteiger charge is 2.06. The molecule has 1 amide bonds. The van der Waals surface area contributed by atoms with Gasteiger partial charge in [-0.05, 0) is 12.6 Å². The van der Waals surface area contributed by atoms with E-state index in [0.717, 1.165) is 6.54 Å². The first-order valence-corrected chi connectivity index (χ1v) is 5.70. The maximum Gasteiger partial charge on any atom is 0.236 e. The number of amides is 1. The Morgan fingerprint density at radius 1 is 1.18 bits per heavy atom. The smallest absolute Gasteiger partial charge is 0.236 e. The zero-order valence-electron chi connectivity index (χ0n) is 10.8. The largest absolute Gasteiger partial charge is 0.348 e. The Balaban J connectivity index is 2.36. The summed E-state index contributed by atoms with van der Waals surface area (Å²) < 4.78 is 0. The third kappa shape index (κ3) is 5.31. The molecule has 0 spiro atoms. The lowest BCUT2D eigenvalue weighted by Crippen LogP contribution is -2.34. The van der Waals surface area contributed by atoms with Crippen molar-refractivity contribution in [1.82, 2.24) is 9.80 Å². The minimum atomic E-state index is 0.126. The van der Waals surface area contributed by atoms with Crippen LogP contribution in [0, 0.1) is 0 Å². The highest BCUT2D eigenvalue weighted by molar-refractivity contribution is 5.77. The summed E-state index contributed by atoms with van der Waals surface area (Å²) in [4.78, 5) is 15.0. The van der Waals surface area contributed by atoms with Crippen LogP contribution in [-0.4, -0.2) is 49.9 Å². The standard InChI is InChI=1S/C14H20N2O/c1-15(2)14(17)12-16(3)11-7-10-13-8-5-4-6-9-13/h4-10H,11-12H2,1-3H3. The van der Waals surface area contributed by atoms with E-state index in [1.807, 2.05) is 30.1 Å². The minimum absolute atomic E-state index is 0.126. The SMILES string of the molecule is CN(CC=Cc1ccccc1)CC(=O)N(C)C. The summed E-state index contributed by atoms with van der Waals surface area (Å²) in [7, 11) is 5.49. The molecule has 0 aliphatic heterocycles. The van der Waals surface area contributed by atoms with Gasteiger partial charge in [0.15, 0.2) is 0 Å². The lowest BCUT2D eigenvalue weighted by molar-refractivity contribution is -0.129. The van der Waals surface area contributed by atoms with Gasteiger partial charge in [0.2, 0.25) is 5.91 Å². The van der Waals surface area contributed by atoms with E-state index in [0.29, 0.717) is 6.54 Å². The average molecular weight is 232 g/mol. The molecule has 0 radical (unpaired) electrons. The Morgan fingerprint density at radius 2 is 1.82 bits per heavy atom. The first kappa shape index (κ1) is 13.5. The predicted molar refractivity (Wildman–Crippen MR) is 71.7 cm³/mol. The second kappa shape index (κ2) is 6.86. The van der Waals surface area contributed by atoms with Crippen molar-refractivity contribution in [2.24, 2.45) is 0 Å². The number of benzene rings is 1. The molecule has 0 aromatic heterocycles. The number of hydrogen-bond donors (Lipinski definition) is 0. The van der Waals surface area contributed by atoms with Crippen LogP contribution in [0.15, 0.2) is 36.4 Å². The van der Waals surface area contributed by atoms with Crippen LogP contribution in [0.5, 0.6) is 0 Å². The van der Waals surface area contributed by atoms with E-state index in [-0.39, 0.29) is 5.91 Å². The topological polar surface area (TPSA) is 23.6 Å². The normalized spacial score (nSPS) is 11.1. The second-order valence-corrected chi connectivity index (χ2v) is 4.30. The highest BCUT2D eigenvalue weighted by Crippen LogP contribution is 2.00. The average Bonchev–Trinajstić information content (AvgIpc) is 2.30. The van der Waals surface area contributed by atoms with Gasteiger partial charge in [0.25, 0.3) is 0 Å². The van der Waals surface area contributed by atoms with Gasteiger partial charge in [-0.3, -0.25) is 9.69 Å². The molecule has 0 aliphatic carbocycles. The van der Waals surface area contributed by atoms with Gasteiger partial charge >= 0.3 is 0 Å². The molecule has 1 rings (SSSR count). The molecule has 0 N–H and O–H groups in total. The van der Waals surface area contributed by atoms with E-state index >= 15 is 0 Å². The van der Waals surface area contributed by atoms with Gasteiger partial charge in [-0.2, -0.15) is 0 Å². The van der Waals surface area contributed by atoms with Gasteiger partial charge in [-0.1, -0.05) is 42.5 Å². The summed E-state index contributed by atoms with van der Waals surface area (Å²) in [5.74, 6) is 0.126. The van der Waals surface area contributed by atoms with E-state index in [1.165, 1.54) is 5.56 Å². The van der Waals surface area contributed by atoms with E-state index in [2.05, 4.69) is 24.3 Å². The van der Waals surface area contributed by atoms with Crippen LogP contribution in [-0.2, 0) is 4.79 Å². The van der Waals surface area contributed by atoms with Crippen LogP contribution < -0.4 is 0 Å². The van der Waals surface area contributed by atoms with E-state index in [4.69, 9.17) is 0 Å². The molecule has 0 saturated carbocycles. The summed E-state index contributed by atoms with van der Waals surface area (Å²) in [5.41, 5.74) is 1.18. The predicted octanol–water partition coefficient (Wildman–Crippen LogP) is 1.72. The molecule has 0 aliphatic rings. The minimum Gasteiger partial charge on any atom is -0.348 e. The van der Waals surface area contributed by atoms with E-state index in [1.54, 1.807) is 19.0 Å². The van der Waals surface area contributed by atoms with Crippen molar-refractivity contribution in [3.63, 3.8) is 0 Å². The van der Waals surface area contributed by atoms with Crippen molar-refractivity contribution >= 4 is 12.0 Å². The van der Waals surface area contributed by atoms with Crippen molar-refractivity contribution < 1.29 is 4.79 Å². The van der Waals surface area contributed by atoms with Crippen LogP contribution in [0.4, 0.5) is 0 Å². The van der Waals surface area contributed by atoms with Crippen LogP contribution in [0.3, 0.4) is 0 Å². The van der Waals surface area contributed by atoms with Crippen LogP contribution in [0.1, 0.15) is 5.56 Å². The van der Waals surface area contributed by atoms with E-state index < -0.39 is 0 Å². The molecule has 92 valence electrons. The van der Waals surface area contributed by atoms with Crippen molar-refractivity contribution in [1.29, 1.82) is 0 Å². The maximum absolute atomic E-state index is 11.4. The monoisotopic (exact) mass is 232 g/mol. The van der Waals surface area contributed by atoms with Gasteiger partial charge in [-0.25, -0.2) is 0 Å². The molecule has 17 heavy (non-hydrogen) atoms.